The highest BCUT2D eigenvalue weighted by Crippen LogP contribution is 2.21. The van der Waals surface area contributed by atoms with Crippen LogP contribution in [0.15, 0.2) is 47.0 Å². The molecular weight excluding hydrogens is 228 g/mol. The van der Waals surface area contributed by atoms with Gasteiger partial charge in [0.1, 0.15) is 11.3 Å². The summed E-state index contributed by atoms with van der Waals surface area (Å²) in [5, 5.41) is 5.02. The summed E-state index contributed by atoms with van der Waals surface area (Å²) in [6.45, 7) is 2.61. The predicted molar refractivity (Wildman–Crippen MR) is 67.5 cm³/mol. The summed E-state index contributed by atoms with van der Waals surface area (Å²) in [6, 6.07) is 11.1. The Labute approximate surface area is 104 Å². The first-order chi connectivity index (χ1) is 8.79. The molecule has 0 spiro atoms. The Kier molecular flexibility index (Phi) is 2.48. The third-order valence-electron chi connectivity index (χ3n) is 2.90. The van der Waals surface area contributed by atoms with E-state index in [2.05, 4.69) is 5.10 Å². The van der Waals surface area contributed by atoms with Gasteiger partial charge in [-0.25, -0.2) is 0 Å². The lowest BCUT2D eigenvalue weighted by molar-refractivity contribution is 0.100. The number of carbonyl (C=O) groups is 1. The van der Waals surface area contributed by atoms with E-state index >= 15 is 0 Å². The van der Waals surface area contributed by atoms with E-state index in [0.717, 1.165) is 11.0 Å². The summed E-state index contributed by atoms with van der Waals surface area (Å²) < 4.78 is 7.22. The maximum atomic E-state index is 12.3. The third kappa shape index (κ3) is 1.62. The first-order valence-corrected chi connectivity index (χ1v) is 5.84. The maximum absolute atomic E-state index is 12.3. The summed E-state index contributed by atoms with van der Waals surface area (Å²) in [6.07, 6.45) is 1.62. The minimum Gasteiger partial charge on any atom is -0.453 e. The Balaban J connectivity index is 2.06. The molecule has 4 nitrogen and oxygen atoms in total. The number of hydrogen-bond donors (Lipinski definition) is 0. The number of aryl methyl sites for hydroxylation is 1. The van der Waals surface area contributed by atoms with Gasteiger partial charge in [0.15, 0.2) is 5.76 Å². The molecule has 0 bridgehead atoms. The molecule has 0 aliphatic rings. The van der Waals surface area contributed by atoms with Crippen molar-refractivity contribution in [2.24, 2.45) is 0 Å². The van der Waals surface area contributed by atoms with Gasteiger partial charge in [0.05, 0.1) is 0 Å². The molecular formula is C14H12N2O2. The standard InChI is InChI=1S/C14H12N2O2/c1-2-16-11(7-8-15-16)14(17)13-9-10-5-3-4-6-12(10)18-13/h3-9H,2H2,1H3. The zero-order valence-corrected chi connectivity index (χ0v) is 9.96. The van der Waals surface area contributed by atoms with Crippen molar-refractivity contribution in [3.8, 4) is 0 Å². The Hall–Kier alpha value is -2.36. The summed E-state index contributed by atoms with van der Waals surface area (Å²) in [5.41, 5.74) is 1.28. The van der Waals surface area contributed by atoms with E-state index in [1.807, 2.05) is 31.2 Å². The summed E-state index contributed by atoms with van der Waals surface area (Å²) in [7, 11) is 0. The Morgan fingerprint density at radius 2 is 2.17 bits per heavy atom. The van der Waals surface area contributed by atoms with Gasteiger partial charge in [-0.3, -0.25) is 9.48 Å². The van der Waals surface area contributed by atoms with Crippen LogP contribution in [0.2, 0.25) is 0 Å². The van der Waals surface area contributed by atoms with Crippen LogP contribution in [0, 0.1) is 0 Å². The van der Waals surface area contributed by atoms with Gasteiger partial charge < -0.3 is 4.42 Å². The Morgan fingerprint density at radius 3 is 2.94 bits per heavy atom. The van der Waals surface area contributed by atoms with Crippen LogP contribution in [0.25, 0.3) is 11.0 Å². The average Bonchev–Trinajstić information content (AvgIpc) is 3.03. The zero-order chi connectivity index (χ0) is 12.5. The fourth-order valence-corrected chi connectivity index (χ4v) is 2.00. The number of aromatic nitrogens is 2. The lowest BCUT2D eigenvalue weighted by Gasteiger charge is -2.00. The largest absolute Gasteiger partial charge is 0.453 e. The van der Waals surface area contributed by atoms with Gasteiger partial charge in [0.2, 0.25) is 5.78 Å². The van der Waals surface area contributed by atoms with Crippen LogP contribution in [-0.4, -0.2) is 15.6 Å². The van der Waals surface area contributed by atoms with Gasteiger partial charge in [-0.15, -0.1) is 0 Å². The number of para-hydroxylation sites is 1. The van der Waals surface area contributed by atoms with Crippen LogP contribution in [0.1, 0.15) is 23.2 Å². The molecule has 0 radical (unpaired) electrons. The summed E-state index contributed by atoms with van der Waals surface area (Å²) in [5.74, 6) is 0.219. The highest BCUT2D eigenvalue weighted by Gasteiger charge is 2.17. The molecule has 1 aromatic carbocycles. The first kappa shape index (κ1) is 10.8. The molecule has 0 aliphatic carbocycles. The normalized spacial score (nSPS) is 10.9. The van der Waals surface area contributed by atoms with Crippen LogP contribution in [0.4, 0.5) is 0 Å². The van der Waals surface area contributed by atoms with E-state index in [1.54, 1.807) is 23.0 Å². The quantitative estimate of drug-likeness (QED) is 0.661. The molecule has 0 unspecified atom stereocenters. The van der Waals surface area contributed by atoms with Crippen molar-refractivity contribution in [1.29, 1.82) is 0 Å². The number of fused-ring (bicyclic) bond motifs is 1. The van der Waals surface area contributed by atoms with E-state index in [9.17, 15) is 4.79 Å². The van der Waals surface area contributed by atoms with Crippen molar-refractivity contribution in [2.45, 2.75) is 13.5 Å². The first-order valence-electron chi connectivity index (χ1n) is 5.84. The summed E-state index contributed by atoms with van der Waals surface area (Å²) in [4.78, 5) is 12.3. The van der Waals surface area contributed by atoms with Crippen molar-refractivity contribution < 1.29 is 9.21 Å². The molecule has 3 rings (SSSR count). The van der Waals surface area contributed by atoms with Gasteiger partial charge in [-0.1, -0.05) is 18.2 Å². The van der Waals surface area contributed by atoms with Gasteiger partial charge in [0, 0.05) is 18.1 Å². The van der Waals surface area contributed by atoms with Crippen molar-refractivity contribution >= 4 is 16.8 Å². The SMILES string of the molecule is CCn1nccc1C(=O)c1cc2ccccc2o1. The van der Waals surface area contributed by atoms with Crippen LogP contribution in [0.3, 0.4) is 0 Å². The topological polar surface area (TPSA) is 48.0 Å². The second kappa shape index (κ2) is 4.14. The Bertz CT molecular complexity index is 676. The van der Waals surface area contributed by atoms with Crippen molar-refractivity contribution in [2.75, 3.05) is 0 Å². The highest BCUT2D eigenvalue weighted by atomic mass is 16.3. The maximum Gasteiger partial charge on any atom is 0.246 e. The molecule has 0 aliphatic heterocycles. The van der Waals surface area contributed by atoms with E-state index < -0.39 is 0 Å². The number of rotatable bonds is 3. The molecule has 2 heterocycles. The zero-order valence-electron chi connectivity index (χ0n) is 9.96. The molecule has 0 N–H and O–H groups in total. The van der Waals surface area contributed by atoms with Gasteiger partial charge in [-0.05, 0) is 25.1 Å². The number of carbonyl (C=O) groups excluding carboxylic acids is 1. The molecule has 18 heavy (non-hydrogen) atoms. The second-order valence-electron chi connectivity index (χ2n) is 4.01. The fraction of sp³-hybridized carbons (Fsp3) is 0.143. The molecule has 0 saturated heterocycles. The van der Waals surface area contributed by atoms with Gasteiger partial charge in [0.25, 0.3) is 0 Å². The lowest BCUT2D eigenvalue weighted by Crippen LogP contribution is -2.09. The molecule has 2 aromatic heterocycles. The molecule has 0 atom stereocenters. The molecule has 0 fully saturated rings. The molecule has 90 valence electrons. The minimum absolute atomic E-state index is 0.134. The average molecular weight is 240 g/mol. The van der Waals surface area contributed by atoms with E-state index in [1.165, 1.54) is 0 Å². The van der Waals surface area contributed by atoms with E-state index in [-0.39, 0.29) is 5.78 Å². The smallest absolute Gasteiger partial charge is 0.246 e. The second-order valence-corrected chi connectivity index (χ2v) is 4.01. The number of furan rings is 1. The van der Waals surface area contributed by atoms with Gasteiger partial charge in [-0.2, -0.15) is 5.10 Å². The fourth-order valence-electron chi connectivity index (χ4n) is 2.00. The van der Waals surface area contributed by atoms with Crippen molar-refractivity contribution in [3.05, 3.63) is 54.0 Å². The monoisotopic (exact) mass is 240 g/mol. The molecule has 4 heteroatoms. The number of hydrogen-bond acceptors (Lipinski definition) is 3. The summed E-state index contributed by atoms with van der Waals surface area (Å²) >= 11 is 0. The van der Waals surface area contributed by atoms with E-state index in [0.29, 0.717) is 18.0 Å². The van der Waals surface area contributed by atoms with E-state index in [4.69, 9.17) is 4.42 Å². The number of benzene rings is 1. The van der Waals surface area contributed by atoms with Crippen LogP contribution < -0.4 is 0 Å². The van der Waals surface area contributed by atoms with Crippen molar-refractivity contribution in [1.82, 2.24) is 9.78 Å². The third-order valence-corrected chi connectivity index (χ3v) is 2.90. The van der Waals surface area contributed by atoms with Crippen molar-refractivity contribution in [3.63, 3.8) is 0 Å². The van der Waals surface area contributed by atoms with Crippen LogP contribution in [0.5, 0.6) is 0 Å². The minimum atomic E-state index is -0.134. The molecule has 0 saturated carbocycles. The highest BCUT2D eigenvalue weighted by molar-refractivity contribution is 6.07. The number of nitrogens with zero attached hydrogens (tertiary/aromatic N) is 2. The molecule has 0 amide bonds. The Morgan fingerprint density at radius 1 is 1.33 bits per heavy atom. The lowest BCUT2D eigenvalue weighted by atomic mass is 10.2. The van der Waals surface area contributed by atoms with Gasteiger partial charge >= 0.3 is 0 Å². The van der Waals surface area contributed by atoms with Crippen LogP contribution in [-0.2, 0) is 6.54 Å². The number of ketones is 1. The predicted octanol–water partition coefficient (Wildman–Crippen LogP) is 2.88. The van der Waals surface area contributed by atoms with Crippen LogP contribution >= 0.6 is 0 Å². The molecule has 3 aromatic rings.